The maximum atomic E-state index is 12.9. The van der Waals surface area contributed by atoms with Crippen LogP contribution in [0.15, 0.2) is 42.5 Å². The highest BCUT2D eigenvalue weighted by molar-refractivity contribution is 7.92. The van der Waals surface area contributed by atoms with Crippen molar-refractivity contribution in [2.45, 2.75) is 13.8 Å². The van der Waals surface area contributed by atoms with E-state index >= 15 is 0 Å². The van der Waals surface area contributed by atoms with E-state index in [9.17, 15) is 23.3 Å². The van der Waals surface area contributed by atoms with Crippen LogP contribution in [0, 0.1) is 24.0 Å². The first-order chi connectivity index (χ1) is 14.6. The average Bonchev–Trinajstić information content (AvgIpc) is 2.73. The maximum absolute atomic E-state index is 12.9. The lowest BCUT2D eigenvalue weighted by Gasteiger charge is -2.37. The first kappa shape index (κ1) is 22.5. The lowest BCUT2D eigenvalue weighted by molar-refractivity contribution is -0.384. The van der Waals surface area contributed by atoms with Gasteiger partial charge in [-0.05, 0) is 37.1 Å². The summed E-state index contributed by atoms with van der Waals surface area (Å²) in [4.78, 5) is 27.2. The SMILES string of the molecule is Cc1cccc(N2CCN(C(=O)CN(c3cccc([N+](=O)[O-])c3)S(C)(=O)=O)CC2)c1C. The van der Waals surface area contributed by atoms with Gasteiger partial charge in [0.05, 0.1) is 16.9 Å². The second-order valence-electron chi connectivity index (χ2n) is 7.63. The molecule has 2 aromatic rings. The van der Waals surface area contributed by atoms with Gasteiger partial charge in [0, 0.05) is 44.0 Å². The summed E-state index contributed by atoms with van der Waals surface area (Å²) in [5.74, 6) is -0.336. The molecule has 0 aromatic heterocycles. The second-order valence-corrected chi connectivity index (χ2v) is 9.54. The van der Waals surface area contributed by atoms with Gasteiger partial charge in [-0.25, -0.2) is 8.42 Å². The Balaban J connectivity index is 1.72. The predicted octanol–water partition coefficient (Wildman–Crippen LogP) is 2.33. The van der Waals surface area contributed by atoms with Crippen LogP contribution in [0.4, 0.5) is 17.1 Å². The zero-order valence-corrected chi connectivity index (χ0v) is 18.6. The molecule has 0 bridgehead atoms. The molecule has 3 rings (SSSR count). The van der Waals surface area contributed by atoms with Crippen LogP contribution in [-0.2, 0) is 14.8 Å². The molecule has 1 saturated heterocycles. The Morgan fingerprint density at radius 2 is 1.74 bits per heavy atom. The standard InChI is InChI=1S/C21H26N4O5S/c1-16-6-4-9-20(17(16)2)22-10-12-23(13-11-22)21(26)15-24(31(3,29)30)18-7-5-8-19(14-18)25(27)28/h4-9,14H,10-13,15H2,1-3H3. The lowest BCUT2D eigenvalue weighted by atomic mass is 10.1. The van der Waals surface area contributed by atoms with Gasteiger partial charge < -0.3 is 9.80 Å². The molecule has 1 heterocycles. The van der Waals surface area contributed by atoms with E-state index in [0.29, 0.717) is 26.2 Å². The summed E-state index contributed by atoms with van der Waals surface area (Å²) in [6.07, 6.45) is 0.984. The Kier molecular flexibility index (Phi) is 6.49. The second kappa shape index (κ2) is 8.93. The number of carbonyl (C=O) groups is 1. The third-order valence-corrected chi connectivity index (χ3v) is 6.70. The average molecular weight is 447 g/mol. The van der Waals surface area contributed by atoms with Crippen LogP contribution >= 0.6 is 0 Å². The number of piperazine rings is 1. The van der Waals surface area contributed by atoms with Gasteiger partial charge in [-0.15, -0.1) is 0 Å². The van der Waals surface area contributed by atoms with Crippen LogP contribution in [0.25, 0.3) is 0 Å². The molecule has 1 aliphatic heterocycles. The summed E-state index contributed by atoms with van der Waals surface area (Å²) in [7, 11) is -3.81. The van der Waals surface area contributed by atoms with Gasteiger partial charge in [-0.3, -0.25) is 19.2 Å². The van der Waals surface area contributed by atoms with Gasteiger partial charge in [0.1, 0.15) is 6.54 Å². The fraction of sp³-hybridized carbons (Fsp3) is 0.381. The first-order valence-corrected chi connectivity index (χ1v) is 11.7. The monoisotopic (exact) mass is 446 g/mol. The minimum atomic E-state index is -3.81. The molecule has 0 aliphatic carbocycles. The van der Waals surface area contributed by atoms with E-state index in [1.54, 1.807) is 4.90 Å². The summed E-state index contributed by atoms with van der Waals surface area (Å²) in [6.45, 7) is 5.97. The smallest absolute Gasteiger partial charge is 0.271 e. The number of hydrogen-bond donors (Lipinski definition) is 0. The van der Waals surface area contributed by atoms with Crippen molar-refractivity contribution >= 4 is 33.0 Å². The number of hydrogen-bond acceptors (Lipinski definition) is 6. The van der Waals surface area contributed by atoms with E-state index in [2.05, 4.69) is 30.9 Å². The van der Waals surface area contributed by atoms with E-state index in [4.69, 9.17) is 0 Å². The molecule has 166 valence electrons. The molecule has 0 spiro atoms. The fourth-order valence-electron chi connectivity index (χ4n) is 3.66. The Hall–Kier alpha value is -3.14. The van der Waals surface area contributed by atoms with E-state index < -0.39 is 21.5 Å². The van der Waals surface area contributed by atoms with Gasteiger partial charge in [0.15, 0.2) is 0 Å². The number of nitro groups is 1. The normalized spacial score (nSPS) is 14.4. The third-order valence-electron chi connectivity index (χ3n) is 5.56. The largest absolute Gasteiger partial charge is 0.368 e. The van der Waals surface area contributed by atoms with Crippen molar-refractivity contribution in [2.75, 3.05) is 48.2 Å². The highest BCUT2D eigenvalue weighted by Gasteiger charge is 2.27. The molecule has 0 atom stereocenters. The van der Waals surface area contributed by atoms with Crippen molar-refractivity contribution in [3.05, 3.63) is 63.7 Å². The van der Waals surface area contributed by atoms with Crippen LogP contribution < -0.4 is 9.21 Å². The van der Waals surface area contributed by atoms with E-state index in [0.717, 1.165) is 22.3 Å². The van der Waals surface area contributed by atoms with Crippen LogP contribution in [0.5, 0.6) is 0 Å². The van der Waals surface area contributed by atoms with E-state index in [-0.39, 0.29) is 17.3 Å². The van der Waals surface area contributed by atoms with Crippen LogP contribution in [0.2, 0.25) is 0 Å². The van der Waals surface area contributed by atoms with Crippen LogP contribution in [0.1, 0.15) is 11.1 Å². The van der Waals surface area contributed by atoms with Crippen molar-refractivity contribution in [2.24, 2.45) is 0 Å². The van der Waals surface area contributed by atoms with Gasteiger partial charge in [0.25, 0.3) is 5.69 Å². The molecule has 1 amide bonds. The van der Waals surface area contributed by atoms with Crippen molar-refractivity contribution in [3.63, 3.8) is 0 Å². The molecular formula is C21H26N4O5S. The predicted molar refractivity (Wildman–Crippen MR) is 120 cm³/mol. The number of nitrogens with zero attached hydrogens (tertiary/aromatic N) is 4. The van der Waals surface area contributed by atoms with Crippen molar-refractivity contribution in [1.29, 1.82) is 0 Å². The molecule has 0 unspecified atom stereocenters. The third kappa shape index (κ3) is 5.13. The number of anilines is 2. The van der Waals surface area contributed by atoms with Crippen molar-refractivity contribution in [3.8, 4) is 0 Å². The molecule has 10 heteroatoms. The highest BCUT2D eigenvalue weighted by atomic mass is 32.2. The minimum Gasteiger partial charge on any atom is -0.368 e. The molecule has 2 aromatic carbocycles. The van der Waals surface area contributed by atoms with Gasteiger partial charge in [-0.1, -0.05) is 18.2 Å². The van der Waals surface area contributed by atoms with Crippen molar-refractivity contribution < 1.29 is 18.1 Å². The molecule has 31 heavy (non-hydrogen) atoms. The maximum Gasteiger partial charge on any atom is 0.271 e. The van der Waals surface area contributed by atoms with Gasteiger partial charge in [-0.2, -0.15) is 0 Å². The summed E-state index contributed by atoms with van der Waals surface area (Å²) < 4.78 is 25.5. The Morgan fingerprint density at radius 1 is 1.10 bits per heavy atom. The number of benzene rings is 2. The Bertz CT molecular complexity index is 1090. The van der Waals surface area contributed by atoms with Crippen molar-refractivity contribution in [1.82, 2.24) is 4.90 Å². The summed E-state index contributed by atoms with van der Waals surface area (Å²) in [6, 6.07) is 11.4. The first-order valence-electron chi connectivity index (χ1n) is 9.89. The summed E-state index contributed by atoms with van der Waals surface area (Å²) in [5.41, 5.74) is 3.41. The molecular weight excluding hydrogens is 420 g/mol. The highest BCUT2D eigenvalue weighted by Crippen LogP contribution is 2.25. The number of amides is 1. The quantitative estimate of drug-likeness (QED) is 0.498. The molecule has 0 saturated carbocycles. The Labute approximate surface area is 182 Å². The summed E-state index contributed by atoms with van der Waals surface area (Å²) in [5, 5.41) is 11.0. The zero-order valence-electron chi connectivity index (χ0n) is 17.8. The number of non-ortho nitro benzene ring substituents is 1. The minimum absolute atomic E-state index is 0.0964. The van der Waals surface area contributed by atoms with E-state index in [1.807, 2.05) is 6.07 Å². The van der Waals surface area contributed by atoms with Crippen LogP contribution in [0.3, 0.4) is 0 Å². The topological polar surface area (TPSA) is 104 Å². The van der Waals surface area contributed by atoms with Gasteiger partial charge >= 0.3 is 0 Å². The number of aryl methyl sites for hydroxylation is 1. The summed E-state index contributed by atoms with van der Waals surface area (Å²) >= 11 is 0. The lowest BCUT2D eigenvalue weighted by Crippen LogP contribution is -2.52. The van der Waals surface area contributed by atoms with Crippen LogP contribution in [-0.4, -0.2) is 63.1 Å². The molecule has 1 aliphatic rings. The number of carbonyl (C=O) groups excluding carboxylic acids is 1. The zero-order chi connectivity index (χ0) is 22.8. The molecule has 0 radical (unpaired) electrons. The Morgan fingerprint density at radius 3 is 2.35 bits per heavy atom. The molecule has 0 N–H and O–H groups in total. The molecule has 1 fully saturated rings. The van der Waals surface area contributed by atoms with Gasteiger partial charge in [0.2, 0.25) is 15.9 Å². The molecule has 9 nitrogen and oxygen atoms in total. The number of sulfonamides is 1. The fourth-order valence-corrected chi connectivity index (χ4v) is 4.50. The van der Waals surface area contributed by atoms with E-state index in [1.165, 1.54) is 29.3 Å². The number of nitro benzene ring substituents is 1. The number of rotatable bonds is 6.